The molecule has 0 aromatic heterocycles. The monoisotopic (exact) mass is 261 g/mol. The lowest BCUT2D eigenvalue weighted by molar-refractivity contribution is 0.319. The molecular formula is C14H12ClNO2. The first-order chi connectivity index (χ1) is 8.78. The van der Waals surface area contributed by atoms with Crippen molar-refractivity contribution in [2.45, 2.75) is 6.42 Å². The smallest absolute Gasteiger partial charge is 0.149 e. The number of ether oxygens (including phenoxy) is 1. The molecule has 0 atom stereocenters. The number of oxime groups is 1. The highest BCUT2D eigenvalue weighted by molar-refractivity contribution is 6.65. The summed E-state index contributed by atoms with van der Waals surface area (Å²) in [4.78, 5) is 0. The van der Waals surface area contributed by atoms with Crippen molar-refractivity contribution in [3.63, 3.8) is 0 Å². The van der Waals surface area contributed by atoms with Crippen molar-refractivity contribution >= 4 is 16.8 Å². The van der Waals surface area contributed by atoms with Gasteiger partial charge in [0.05, 0.1) is 0 Å². The molecule has 0 amide bonds. The van der Waals surface area contributed by atoms with Crippen LogP contribution in [0.15, 0.2) is 59.8 Å². The fraction of sp³-hybridized carbons (Fsp3) is 0.0714. The van der Waals surface area contributed by atoms with Crippen molar-refractivity contribution in [1.82, 2.24) is 0 Å². The summed E-state index contributed by atoms with van der Waals surface area (Å²) in [6.45, 7) is 0. The Morgan fingerprint density at radius 1 is 1.06 bits per heavy atom. The van der Waals surface area contributed by atoms with E-state index in [1.54, 1.807) is 0 Å². The summed E-state index contributed by atoms with van der Waals surface area (Å²) in [6.07, 6.45) is 0.379. The Morgan fingerprint density at radius 3 is 2.50 bits per heavy atom. The Kier molecular flexibility index (Phi) is 4.20. The molecule has 0 saturated carbocycles. The molecule has 0 bridgehead atoms. The maximum absolute atomic E-state index is 8.53. The average Bonchev–Trinajstić information content (AvgIpc) is 2.40. The van der Waals surface area contributed by atoms with Crippen molar-refractivity contribution in [3.05, 3.63) is 60.2 Å². The van der Waals surface area contributed by atoms with Crippen LogP contribution in [-0.4, -0.2) is 10.4 Å². The molecule has 3 nitrogen and oxygen atoms in total. The summed E-state index contributed by atoms with van der Waals surface area (Å²) in [7, 11) is 0. The van der Waals surface area contributed by atoms with Gasteiger partial charge in [-0.25, -0.2) is 0 Å². The quantitative estimate of drug-likeness (QED) is 0.513. The summed E-state index contributed by atoms with van der Waals surface area (Å²) < 4.78 is 5.69. The number of nitrogens with zero attached hydrogens (tertiary/aromatic N) is 1. The highest BCUT2D eigenvalue weighted by Crippen LogP contribution is 2.22. The van der Waals surface area contributed by atoms with Gasteiger partial charge in [-0.05, 0) is 29.8 Å². The van der Waals surface area contributed by atoms with Crippen LogP contribution in [0, 0.1) is 0 Å². The number of para-hydroxylation sites is 1. The molecule has 2 rings (SSSR count). The maximum Gasteiger partial charge on any atom is 0.149 e. The number of rotatable bonds is 4. The fourth-order valence-electron chi connectivity index (χ4n) is 1.55. The Morgan fingerprint density at radius 2 is 1.78 bits per heavy atom. The van der Waals surface area contributed by atoms with E-state index in [0.717, 1.165) is 17.1 Å². The second-order valence-corrected chi connectivity index (χ2v) is 4.15. The van der Waals surface area contributed by atoms with E-state index in [4.69, 9.17) is 21.5 Å². The zero-order valence-electron chi connectivity index (χ0n) is 9.58. The van der Waals surface area contributed by atoms with Gasteiger partial charge in [0.15, 0.2) is 0 Å². The molecule has 0 fully saturated rings. The third-order valence-electron chi connectivity index (χ3n) is 2.34. The molecular weight excluding hydrogens is 250 g/mol. The third-order valence-corrected chi connectivity index (χ3v) is 2.55. The van der Waals surface area contributed by atoms with E-state index in [-0.39, 0.29) is 5.17 Å². The van der Waals surface area contributed by atoms with Crippen LogP contribution in [0.2, 0.25) is 0 Å². The van der Waals surface area contributed by atoms with E-state index in [1.807, 2.05) is 54.6 Å². The van der Waals surface area contributed by atoms with Crippen LogP contribution < -0.4 is 4.74 Å². The Labute approximate surface area is 110 Å². The minimum absolute atomic E-state index is 0.145. The van der Waals surface area contributed by atoms with Crippen LogP contribution in [0.25, 0.3) is 0 Å². The molecule has 4 heteroatoms. The maximum atomic E-state index is 8.53. The first-order valence-corrected chi connectivity index (χ1v) is 5.84. The van der Waals surface area contributed by atoms with Crippen molar-refractivity contribution < 1.29 is 9.94 Å². The summed E-state index contributed by atoms with van der Waals surface area (Å²) in [5.74, 6) is 1.50. The molecule has 0 radical (unpaired) electrons. The Balaban J connectivity index is 2.13. The van der Waals surface area contributed by atoms with E-state index < -0.39 is 0 Å². The molecule has 2 aromatic rings. The van der Waals surface area contributed by atoms with Crippen LogP contribution in [0.3, 0.4) is 0 Å². The summed E-state index contributed by atoms with van der Waals surface area (Å²) >= 11 is 5.67. The minimum Gasteiger partial charge on any atom is -0.457 e. The van der Waals surface area contributed by atoms with Crippen molar-refractivity contribution in [2.24, 2.45) is 5.16 Å². The zero-order valence-corrected chi connectivity index (χ0v) is 10.3. The van der Waals surface area contributed by atoms with Gasteiger partial charge in [-0.2, -0.15) is 0 Å². The lowest BCUT2D eigenvalue weighted by atomic mass is 10.1. The molecule has 0 saturated heterocycles. The van der Waals surface area contributed by atoms with Crippen molar-refractivity contribution in [2.75, 3.05) is 0 Å². The molecule has 0 spiro atoms. The second kappa shape index (κ2) is 6.07. The standard InChI is InChI=1S/C14H12ClNO2/c15-14(16-17)10-11-5-4-8-13(9-11)18-12-6-2-1-3-7-12/h1-9,17H,10H2. The van der Waals surface area contributed by atoms with Gasteiger partial charge in [0.1, 0.15) is 16.7 Å². The minimum atomic E-state index is 0.145. The van der Waals surface area contributed by atoms with E-state index in [9.17, 15) is 0 Å². The number of benzene rings is 2. The van der Waals surface area contributed by atoms with Gasteiger partial charge in [-0.1, -0.05) is 47.1 Å². The second-order valence-electron chi connectivity index (χ2n) is 3.72. The van der Waals surface area contributed by atoms with E-state index in [2.05, 4.69) is 5.16 Å². The summed E-state index contributed by atoms with van der Waals surface area (Å²) in [5.41, 5.74) is 0.922. The first kappa shape index (κ1) is 12.5. The predicted octanol–water partition coefficient (Wildman–Crippen LogP) is 4.05. The fourth-order valence-corrected chi connectivity index (χ4v) is 1.70. The first-order valence-electron chi connectivity index (χ1n) is 5.46. The Hall–Kier alpha value is -2.00. The molecule has 1 N–H and O–H groups in total. The summed E-state index contributed by atoms with van der Waals surface area (Å²) in [6, 6.07) is 17.0. The molecule has 2 aromatic carbocycles. The average molecular weight is 262 g/mol. The highest BCUT2D eigenvalue weighted by atomic mass is 35.5. The van der Waals surface area contributed by atoms with Gasteiger partial charge >= 0.3 is 0 Å². The van der Waals surface area contributed by atoms with Crippen LogP contribution >= 0.6 is 11.6 Å². The van der Waals surface area contributed by atoms with Crippen molar-refractivity contribution in [1.29, 1.82) is 0 Å². The van der Waals surface area contributed by atoms with Gasteiger partial charge in [0.25, 0.3) is 0 Å². The van der Waals surface area contributed by atoms with Gasteiger partial charge < -0.3 is 9.94 Å². The lowest BCUT2D eigenvalue weighted by Crippen LogP contribution is -1.94. The largest absolute Gasteiger partial charge is 0.457 e. The number of hydrogen-bond acceptors (Lipinski definition) is 3. The van der Waals surface area contributed by atoms with Crippen LogP contribution in [0.1, 0.15) is 5.56 Å². The number of halogens is 1. The molecule has 92 valence electrons. The van der Waals surface area contributed by atoms with Gasteiger partial charge in [-0.15, -0.1) is 0 Å². The normalized spacial score (nSPS) is 11.3. The van der Waals surface area contributed by atoms with Gasteiger partial charge in [-0.3, -0.25) is 0 Å². The molecule has 0 aliphatic rings. The van der Waals surface area contributed by atoms with Gasteiger partial charge in [0.2, 0.25) is 0 Å². The highest BCUT2D eigenvalue weighted by Gasteiger charge is 2.01. The Bertz CT molecular complexity index is 541. The van der Waals surface area contributed by atoms with Crippen molar-refractivity contribution in [3.8, 4) is 11.5 Å². The molecule has 0 heterocycles. The third kappa shape index (κ3) is 3.50. The van der Waals surface area contributed by atoms with E-state index in [1.165, 1.54) is 0 Å². The lowest BCUT2D eigenvalue weighted by Gasteiger charge is -2.06. The van der Waals surface area contributed by atoms with Gasteiger partial charge in [0, 0.05) is 6.42 Å². The van der Waals surface area contributed by atoms with Crippen LogP contribution in [-0.2, 0) is 6.42 Å². The van der Waals surface area contributed by atoms with E-state index >= 15 is 0 Å². The molecule has 0 aliphatic carbocycles. The molecule has 0 aliphatic heterocycles. The summed E-state index contributed by atoms with van der Waals surface area (Å²) in [5, 5.41) is 11.6. The van der Waals surface area contributed by atoms with Crippen LogP contribution in [0.4, 0.5) is 0 Å². The van der Waals surface area contributed by atoms with E-state index in [0.29, 0.717) is 6.42 Å². The van der Waals surface area contributed by atoms with Crippen LogP contribution in [0.5, 0.6) is 11.5 Å². The zero-order chi connectivity index (χ0) is 12.8. The topological polar surface area (TPSA) is 41.8 Å². The molecule has 18 heavy (non-hydrogen) atoms. The predicted molar refractivity (Wildman–Crippen MR) is 71.7 cm³/mol. The SMILES string of the molecule is ON=C(Cl)Cc1cccc(Oc2ccccc2)c1. The molecule has 0 unspecified atom stereocenters. The number of hydrogen-bond donors (Lipinski definition) is 1.